The van der Waals surface area contributed by atoms with Gasteiger partial charge in [0.15, 0.2) is 0 Å². The highest BCUT2D eigenvalue weighted by Gasteiger charge is 2.06. The molecule has 0 amide bonds. The molecule has 24 heavy (non-hydrogen) atoms. The van der Waals surface area contributed by atoms with Crippen molar-refractivity contribution < 1.29 is 4.42 Å². The maximum absolute atomic E-state index is 5.96. The molecule has 3 aromatic rings. The van der Waals surface area contributed by atoms with Crippen LogP contribution in [0.1, 0.15) is 51.0 Å². The van der Waals surface area contributed by atoms with E-state index in [4.69, 9.17) is 4.42 Å². The number of aryl methyl sites for hydroxylation is 1. The average Bonchev–Trinajstić information content (AvgIpc) is 3.01. The van der Waals surface area contributed by atoms with E-state index in [1.54, 1.807) is 0 Å². The highest BCUT2D eigenvalue weighted by atomic mass is 79.9. The summed E-state index contributed by atoms with van der Waals surface area (Å²) in [4.78, 5) is 0. The third-order valence-electron chi connectivity index (χ3n) is 4.54. The van der Waals surface area contributed by atoms with Crippen molar-refractivity contribution in [1.82, 2.24) is 0 Å². The van der Waals surface area contributed by atoms with Crippen LogP contribution in [-0.4, -0.2) is 0 Å². The van der Waals surface area contributed by atoms with Crippen LogP contribution in [0.3, 0.4) is 0 Å². The van der Waals surface area contributed by atoms with E-state index in [2.05, 4.69) is 59.3 Å². The van der Waals surface area contributed by atoms with Crippen LogP contribution >= 0.6 is 15.9 Å². The van der Waals surface area contributed by atoms with E-state index in [1.807, 2.05) is 12.1 Å². The molecule has 0 saturated carbocycles. The largest absolute Gasteiger partial charge is 0.456 e. The monoisotopic (exact) mass is 384 g/mol. The Morgan fingerprint density at radius 2 is 1.58 bits per heavy atom. The molecule has 1 heterocycles. The number of fused-ring (bicyclic) bond motifs is 1. The lowest BCUT2D eigenvalue weighted by atomic mass is 10.0. The van der Waals surface area contributed by atoms with Gasteiger partial charge in [-0.1, -0.05) is 79.2 Å². The third kappa shape index (κ3) is 4.51. The summed E-state index contributed by atoms with van der Waals surface area (Å²) < 4.78 is 7.04. The zero-order valence-electron chi connectivity index (χ0n) is 14.4. The van der Waals surface area contributed by atoms with Crippen molar-refractivity contribution in [1.29, 1.82) is 0 Å². The normalized spacial score (nSPS) is 11.2. The van der Waals surface area contributed by atoms with Crippen molar-refractivity contribution in [3.8, 4) is 11.3 Å². The molecule has 2 heteroatoms. The second-order valence-electron chi connectivity index (χ2n) is 6.51. The number of unbranched alkanes of at least 4 members (excludes halogenated alkanes) is 5. The fourth-order valence-electron chi connectivity index (χ4n) is 3.10. The summed E-state index contributed by atoms with van der Waals surface area (Å²) in [5, 5.41) is 1.13. The van der Waals surface area contributed by atoms with Crippen LogP contribution in [0.2, 0.25) is 0 Å². The molecule has 0 N–H and O–H groups in total. The van der Waals surface area contributed by atoms with Gasteiger partial charge in [0, 0.05) is 15.4 Å². The van der Waals surface area contributed by atoms with Crippen LogP contribution in [0.4, 0.5) is 0 Å². The van der Waals surface area contributed by atoms with Crippen LogP contribution in [-0.2, 0) is 6.42 Å². The Bertz CT molecular complexity index is 770. The Morgan fingerprint density at radius 3 is 2.38 bits per heavy atom. The molecule has 126 valence electrons. The van der Waals surface area contributed by atoms with Gasteiger partial charge in [-0.3, -0.25) is 0 Å². The van der Waals surface area contributed by atoms with Gasteiger partial charge in [0.05, 0.1) is 0 Å². The first-order valence-electron chi connectivity index (χ1n) is 9.04. The minimum absolute atomic E-state index is 0.935. The van der Waals surface area contributed by atoms with E-state index in [0.29, 0.717) is 0 Å². The first kappa shape index (κ1) is 17.3. The Morgan fingerprint density at radius 1 is 0.833 bits per heavy atom. The van der Waals surface area contributed by atoms with Crippen LogP contribution < -0.4 is 0 Å². The van der Waals surface area contributed by atoms with E-state index in [1.165, 1.54) is 50.5 Å². The summed E-state index contributed by atoms with van der Waals surface area (Å²) in [6.45, 7) is 2.27. The molecule has 0 aliphatic heterocycles. The molecular formula is C22H25BrO. The summed E-state index contributed by atoms with van der Waals surface area (Å²) >= 11 is 3.51. The predicted molar refractivity (Wildman–Crippen MR) is 106 cm³/mol. The van der Waals surface area contributed by atoms with Crippen molar-refractivity contribution in [3.05, 3.63) is 58.6 Å². The predicted octanol–water partition coefficient (Wildman–Crippen LogP) is 7.77. The summed E-state index contributed by atoms with van der Waals surface area (Å²) in [6.07, 6.45) is 9.28. The van der Waals surface area contributed by atoms with Crippen molar-refractivity contribution in [2.45, 2.75) is 51.9 Å². The van der Waals surface area contributed by atoms with Crippen LogP contribution in [0.25, 0.3) is 22.3 Å². The first-order valence-corrected chi connectivity index (χ1v) is 9.84. The van der Waals surface area contributed by atoms with Gasteiger partial charge >= 0.3 is 0 Å². The molecule has 0 saturated heterocycles. The lowest BCUT2D eigenvalue weighted by Gasteiger charge is -2.03. The van der Waals surface area contributed by atoms with Gasteiger partial charge < -0.3 is 4.42 Å². The molecule has 0 fully saturated rings. The molecule has 1 aromatic heterocycles. The van der Waals surface area contributed by atoms with E-state index in [9.17, 15) is 0 Å². The number of furan rings is 1. The number of hydrogen-bond acceptors (Lipinski definition) is 1. The molecule has 0 spiro atoms. The summed E-state index contributed by atoms with van der Waals surface area (Å²) in [5.41, 5.74) is 3.51. The molecule has 3 rings (SSSR count). The van der Waals surface area contributed by atoms with Crippen molar-refractivity contribution in [2.75, 3.05) is 0 Å². The summed E-state index contributed by atoms with van der Waals surface area (Å²) in [7, 11) is 0. The molecule has 1 nitrogen and oxygen atoms in total. The quantitative estimate of drug-likeness (QED) is 0.361. The van der Waals surface area contributed by atoms with Gasteiger partial charge in [0.2, 0.25) is 0 Å². The fraction of sp³-hybridized carbons (Fsp3) is 0.364. The Balaban J connectivity index is 1.59. The average molecular weight is 385 g/mol. The van der Waals surface area contributed by atoms with Gasteiger partial charge in [-0.2, -0.15) is 0 Å². The molecule has 2 aromatic carbocycles. The SMILES string of the molecule is CCCCCCCCc1ccc(-c2cc3cc(Br)ccc3o2)cc1. The topological polar surface area (TPSA) is 13.1 Å². The summed E-state index contributed by atoms with van der Waals surface area (Å²) in [6, 6.07) is 17.1. The molecule has 0 bridgehead atoms. The molecule has 0 unspecified atom stereocenters. The highest BCUT2D eigenvalue weighted by Crippen LogP contribution is 2.30. The Kier molecular flexibility index (Phi) is 6.14. The van der Waals surface area contributed by atoms with Gasteiger partial charge in [-0.05, 0) is 42.7 Å². The van der Waals surface area contributed by atoms with Crippen molar-refractivity contribution >= 4 is 26.9 Å². The van der Waals surface area contributed by atoms with Gasteiger partial charge in [-0.25, -0.2) is 0 Å². The van der Waals surface area contributed by atoms with E-state index < -0.39 is 0 Å². The lowest BCUT2D eigenvalue weighted by molar-refractivity contribution is 0.607. The van der Waals surface area contributed by atoms with Gasteiger partial charge in [-0.15, -0.1) is 0 Å². The first-order chi connectivity index (χ1) is 11.8. The van der Waals surface area contributed by atoms with Gasteiger partial charge in [0.25, 0.3) is 0 Å². The van der Waals surface area contributed by atoms with Crippen LogP contribution in [0, 0.1) is 0 Å². The molecule has 0 radical (unpaired) electrons. The zero-order chi connectivity index (χ0) is 16.8. The summed E-state index contributed by atoms with van der Waals surface area (Å²) in [5.74, 6) is 0.939. The van der Waals surface area contributed by atoms with E-state index in [0.717, 1.165) is 26.8 Å². The molecule has 0 aliphatic rings. The maximum atomic E-state index is 5.96. The Labute approximate surface area is 153 Å². The Hall–Kier alpha value is -1.54. The second-order valence-corrected chi connectivity index (χ2v) is 7.42. The number of hydrogen-bond donors (Lipinski definition) is 0. The zero-order valence-corrected chi connectivity index (χ0v) is 15.9. The second kappa shape index (κ2) is 8.53. The lowest BCUT2D eigenvalue weighted by Crippen LogP contribution is -1.86. The minimum Gasteiger partial charge on any atom is -0.456 e. The number of benzene rings is 2. The van der Waals surface area contributed by atoms with Crippen LogP contribution in [0.5, 0.6) is 0 Å². The highest BCUT2D eigenvalue weighted by molar-refractivity contribution is 9.10. The number of halogens is 1. The maximum Gasteiger partial charge on any atom is 0.135 e. The number of rotatable bonds is 8. The van der Waals surface area contributed by atoms with Crippen molar-refractivity contribution in [2.24, 2.45) is 0 Å². The molecule has 0 atom stereocenters. The van der Waals surface area contributed by atoms with Crippen molar-refractivity contribution in [3.63, 3.8) is 0 Å². The standard InChI is InChI=1S/C22H25BrO/c1-2-3-4-5-6-7-8-17-9-11-18(12-10-17)22-16-19-15-20(23)13-14-21(19)24-22/h9-16H,2-8H2,1H3. The van der Waals surface area contributed by atoms with E-state index in [-0.39, 0.29) is 0 Å². The van der Waals surface area contributed by atoms with Crippen LogP contribution in [0.15, 0.2) is 57.4 Å². The van der Waals surface area contributed by atoms with Gasteiger partial charge in [0.1, 0.15) is 11.3 Å². The third-order valence-corrected chi connectivity index (χ3v) is 5.03. The molecule has 0 aliphatic carbocycles. The van der Waals surface area contributed by atoms with E-state index >= 15 is 0 Å². The fourth-order valence-corrected chi connectivity index (χ4v) is 3.48. The smallest absolute Gasteiger partial charge is 0.135 e. The minimum atomic E-state index is 0.935. The molecular weight excluding hydrogens is 360 g/mol.